The highest BCUT2D eigenvalue weighted by Crippen LogP contribution is 2.44. The first-order valence-corrected chi connectivity index (χ1v) is 6.84. The normalized spacial score (nSPS) is 18.9. The van der Waals surface area contributed by atoms with Crippen LogP contribution in [0.1, 0.15) is 37.7 Å². The Hall–Kier alpha value is -1.03. The molecule has 1 aromatic carbocycles. The molecule has 92 valence electrons. The zero-order valence-corrected chi connectivity index (χ0v) is 10.8. The Balaban J connectivity index is 2.17. The zero-order valence-electron chi connectivity index (χ0n) is 10.0. The molecule has 1 aliphatic rings. The molecule has 1 saturated carbocycles. The van der Waals surface area contributed by atoms with Crippen molar-refractivity contribution >= 4 is 11.8 Å². The van der Waals surface area contributed by atoms with Gasteiger partial charge in [-0.05, 0) is 43.7 Å². The molecular weight excluding hydrogens is 234 g/mol. The molecule has 0 aliphatic heterocycles. The minimum Gasteiger partial charge on any atom is -0.263 e. The molecule has 1 aromatic rings. The third-order valence-corrected chi connectivity index (χ3v) is 4.74. The molecule has 3 nitrogen and oxygen atoms in total. The van der Waals surface area contributed by atoms with Crippen molar-refractivity contribution in [3.05, 3.63) is 39.9 Å². The van der Waals surface area contributed by atoms with Gasteiger partial charge in [-0.3, -0.25) is 10.1 Å². The van der Waals surface area contributed by atoms with Gasteiger partial charge >= 0.3 is 0 Å². The highest BCUT2D eigenvalue weighted by molar-refractivity contribution is 8.00. The van der Waals surface area contributed by atoms with Crippen LogP contribution in [0.2, 0.25) is 0 Å². The Morgan fingerprint density at radius 3 is 2.29 bits per heavy atom. The lowest BCUT2D eigenvalue weighted by atomic mass is 9.95. The lowest BCUT2D eigenvalue weighted by Gasteiger charge is -2.28. The van der Waals surface area contributed by atoms with E-state index >= 15 is 0 Å². The fraction of sp³-hybridized carbons (Fsp3) is 0.538. The van der Waals surface area contributed by atoms with Gasteiger partial charge in [0.2, 0.25) is 0 Å². The molecule has 0 bridgehead atoms. The van der Waals surface area contributed by atoms with E-state index in [1.165, 1.54) is 17.3 Å². The van der Waals surface area contributed by atoms with E-state index in [4.69, 9.17) is 0 Å². The van der Waals surface area contributed by atoms with Gasteiger partial charge in [-0.25, -0.2) is 0 Å². The summed E-state index contributed by atoms with van der Waals surface area (Å²) in [6, 6.07) is 8.00. The second kappa shape index (κ2) is 5.08. The van der Waals surface area contributed by atoms with Crippen LogP contribution in [-0.2, 0) is 0 Å². The van der Waals surface area contributed by atoms with Crippen molar-refractivity contribution in [2.24, 2.45) is 0 Å². The van der Waals surface area contributed by atoms with Gasteiger partial charge in [0.05, 0.1) is 0 Å². The largest absolute Gasteiger partial charge is 0.271 e. The second-order valence-electron chi connectivity index (χ2n) is 4.68. The highest BCUT2D eigenvalue weighted by atomic mass is 32.2. The zero-order chi connectivity index (χ0) is 12.3. The third kappa shape index (κ3) is 2.80. The van der Waals surface area contributed by atoms with E-state index in [0.29, 0.717) is 12.8 Å². The second-order valence-corrected chi connectivity index (χ2v) is 6.11. The summed E-state index contributed by atoms with van der Waals surface area (Å²) in [6.07, 6.45) is 4.46. The fourth-order valence-corrected chi connectivity index (χ4v) is 3.53. The van der Waals surface area contributed by atoms with E-state index < -0.39 is 4.87 Å². The van der Waals surface area contributed by atoms with Crippen LogP contribution < -0.4 is 0 Å². The first kappa shape index (κ1) is 12.4. The molecule has 0 aromatic heterocycles. The number of aryl methyl sites for hydroxylation is 1. The molecule has 1 aliphatic carbocycles. The monoisotopic (exact) mass is 251 g/mol. The summed E-state index contributed by atoms with van der Waals surface area (Å²) in [4.78, 5) is 11.5. The lowest BCUT2D eigenvalue weighted by Crippen LogP contribution is -2.36. The molecule has 0 radical (unpaired) electrons. The van der Waals surface area contributed by atoms with Gasteiger partial charge in [0.25, 0.3) is 4.87 Å². The molecule has 0 unspecified atom stereocenters. The Labute approximate surface area is 106 Å². The van der Waals surface area contributed by atoms with E-state index in [1.807, 2.05) is 31.2 Å². The van der Waals surface area contributed by atoms with E-state index in [-0.39, 0.29) is 4.92 Å². The number of rotatable bonds is 3. The molecule has 0 N–H and O–H groups in total. The first-order valence-electron chi connectivity index (χ1n) is 6.03. The molecule has 0 amide bonds. The minimum absolute atomic E-state index is 0.0727. The van der Waals surface area contributed by atoms with Crippen molar-refractivity contribution in [2.45, 2.75) is 48.8 Å². The topological polar surface area (TPSA) is 43.1 Å². The van der Waals surface area contributed by atoms with Crippen LogP contribution in [0.4, 0.5) is 0 Å². The summed E-state index contributed by atoms with van der Waals surface area (Å²) >= 11 is 1.43. The maximum absolute atomic E-state index is 11.3. The molecule has 0 atom stereocenters. The molecule has 2 rings (SSSR count). The number of nitrogens with zero attached hydrogens (tertiary/aromatic N) is 1. The van der Waals surface area contributed by atoms with Crippen molar-refractivity contribution in [3.8, 4) is 0 Å². The van der Waals surface area contributed by atoms with E-state index in [9.17, 15) is 10.1 Å². The highest BCUT2D eigenvalue weighted by Gasteiger charge is 2.44. The molecule has 4 heteroatoms. The summed E-state index contributed by atoms with van der Waals surface area (Å²) in [5.74, 6) is 0. The van der Waals surface area contributed by atoms with Crippen molar-refractivity contribution in [1.29, 1.82) is 0 Å². The van der Waals surface area contributed by atoms with Crippen molar-refractivity contribution in [1.82, 2.24) is 0 Å². The predicted molar refractivity (Wildman–Crippen MR) is 69.8 cm³/mol. The van der Waals surface area contributed by atoms with Crippen LogP contribution in [0, 0.1) is 17.0 Å². The third-order valence-electron chi connectivity index (χ3n) is 3.30. The van der Waals surface area contributed by atoms with E-state index in [0.717, 1.165) is 24.2 Å². The van der Waals surface area contributed by atoms with Gasteiger partial charge in [-0.15, -0.1) is 0 Å². The minimum atomic E-state index is -0.784. The summed E-state index contributed by atoms with van der Waals surface area (Å²) < 4.78 is 0. The Morgan fingerprint density at radius 1 is 1.18 bits per heavy atom. The van der Waals surface area contributed by atoms with Crippen LogP contribution in [0.3, 0.4) is 0 Å². The summed E-state index contributed by atoms with van der Waals surface area (Å²) in [6.45, 7) is 2.03. The average molecular weight is 251 g/mol. The van der Waals surface area contributed by atoms with E-state index in [1.54, 1.807) is 0 Å². The van der Waals surface area contributed by atoms with Crippen molar-refractivity contribution < 1.29 is 4.92 Å². The van der Waals surface area contributed by atoms with Crippen LogP contribution in [-0.4, -0.2) is 9.79 Å². The molecule has 17 heavy (non-hydrogen) atoms. The Morgan fingerprint density at radius 2 is 1.76 bits per heavy atom. The fourth-order valence-electron chi connectivity index (χ4n) is 2.25. The van der Waals surface area contributed by atoms with E-state index in [2.05, 4.69) is 0 Å². The molecule has 1 fully saturated rings. The maximum Gasteiger partial charge on any atom is 0.271 e. The van der Waals surface area contributed by atoms with Crippen LogP contribution in [0.15, 0.2) is 29.2 Å². The average Bonchev–Trinajstić information content (AvgIpc) is 2.33. The molecule has 0 saturated heterocycles. The smallest absolute Gasteiger partial charge is 0.263 e. The van der Waals surface area contributed by atoms with Gasteiger partial charge in [-0.2, -0.15) is 0 Å². The quantitative estimate of drug-likeness (QED) is 0.463. The van der Waals surface area contributed by atoms with Crippen molar-refractivity contribution in [3.63, 3.8) is 0 Å². The van der Waals surface area contributed by atoms with Gasteiger partial charge in [0.15, 0.2) is 0 Å². The number of benzene rings is 1. The first-order chi connectivity index (χ1) is 8.12. The lowest BCUT2D eigenvalue weighted by molar-refractivity contribution is -0.542. The van der Waals surface area contributed by atoms with Crippen LogP contribution >= 0.6 is 11.8 Å². The summed E-state index contributed by atoms with van der Waals surface area (Å²) in [5, 5.41) is 11.3. The van der Waals surface area contributed by atoms with Gasteiger partial charge in [0, 0.05) is 22.7 Å². The van der Waals surface area contributed by atoms with Gasteiger partial charge < -0.3 is 0 Å². The number of nitro groups is 1. The van der Waals surface area contributed by atoms with Crippen LogP contribution in [0.25, 0.3) is 0 Å². The van der Waals surface area contributed by atoms with Crippen LogP contribution in [0.5, 0.6) is 0 Å². The van der Waals surface area contributed by atoms with Gasteiger partial charge in [0.1, 0.15) is 0 Å². The predicted octanol–water partition coefficient (Wildman–Crippen LogP) is 4.02. The summed E-state index contributed by atoms with van der Waals surface area (Å²) in [7, 11) is 0. The Kier molecular flexibility index (Phi) is 3.72. The molecule has 0 heterocycles. The molecular formula is C13H17NO2S. The molecule has 0 spiro atoms. The maximum atomic E-state index is 11.3. The van der Waals surface area contributed by atoms with Gasteiger partial charge in [-0.1, -0.05) is 24.1 Å². The number of hydrogen-bond acceptors (Lipinski definition) is 3. The number of thioether (sulfide) groups is 1. The van der Waals surface area contributed by atoms with Crippen molar-refractivity contribution in [2.75, 3.05) is 0 Å². The SMILES string of the molecule is Cc1ccc(SC2([N+](=O)[O-])CCCCC2)cc1. The summed E-state index contributed by atoms with van der Waals surface area (Å²) in [5.41, 5.74) is 1.19. The standard InChI is InChI=1S/C13H17NO2S/c1-11-5-7-12(8-6-11)17-13(14(15)16)9-3-2-4-10-13/h5-8H,2-4,9-10H2,1H3. The number of hydrogen-bond donors (Lipinski definition) is 0. The Bertz CT molecular complexity index is 396.